The summed E-state index contributed by atoms with van der Waals surface area (Å²) in [4.78, 5) is 18.0. The highest BCUT2D eigenvalue weighted by molar-refractivity contribution is 5.75. The molecule has 0 radical (unpaired) electrons. The average Bonchev–Trinajstić information content (AvgIpc) is 2.96. The van der Waals surface area contributed by atoms with E-state index < -0.39 is 11.4 Å². The topological polar surface area (TPSA) is 58.4 Å². The second-order valence-electron chi connectivity index (χ2n) is 5.75. The van der Waals surface area contributed by atoms with E-state index in [-0.39, 0.29) is 5.92 Å². The lowest BCUT2D eigenvalue weighted by molar-refractivity contribution is -0.151. The van der Waals surface area contributed by atoms with E-state index in [1.807, 2.05) is 26.4 Å². The Hall–Kier alpha value is -1.36. The molecule has 0 aliphatic carbocycles. The molecule has 0 spiro atoms. The van der Waals surface area contributed by atoms with E-state index in [9.17, 15) is 9.90 Å². The molecule has 0 aromatic carbocycles. The number of hydrogen-bond acceptors (Lipinski definition) is 3. The highest BCUT2D eigenvalue weighted by Gasteiger charge is 2.47. The van der Waals surface area contributed by atoms with Crippen LogP contribution >= 0.6 is 0 Å². The van der Waals surface area contributed by atoms with Gasteiger partial charge in [0.2, 0.25) is 0 Å². The SMILES string of the molecule is CCn1cncc1CN1CCC(C(=O)O)(C(C)C)C1. The molecule has 5 nitrogen and oxygen atoms in total. The number of nitrogens with zero attached hydrogens (tertiary/aromatic N) is 3. The van der Waals surface area contributed by atoms with Crippen molar-refractivity contribution < 1.29 is 9.90 Å². The largest absolute Gasteiger partial charge is 0.481 e. The first-order valence-corrected chi connectivity index (χ1v) is 6.94. The Morgan fingerprint density at radius 1 is 1.58 bits per heavy atom. The lowest BCUT2D eigenvalue weighted by atomic mass is 9.76. The number of likely N-dealkylation sites (tertiary alicyclic amines) is 1. The van der Waals surface area contributed by atoms with Gasteiger partial charge in [-0.25, -0.2) is 4.98 Å². The van der Waals surface area contributed by atoms with Gasteiger partial charge < -0.3 is 9.67 Å². The van der Waals surface area contributed by atoms with Gasteiger partial charge in [0.1, 0.15) is 0 Å². The maximum atomic E-state index is 11.6. The molecule has 1 saturated heterocycles. The number of aryl methyl sites for hydroxylation is 1. The summed E-state index contributed by atoms with van der Waals surface area (Å²) in [6.07, 6.45) is 4.44. The maximum absolute atomic E-state index is 11.6. The minimum Gasteiger partial charge on any atom is -0.481 e. The fourth-order valence-corrected chi connectivity index (χ4v) is 2.94. The Morgan fingerprint density at radius 2 is 2.32 bits per heavy atom. The van der Waals surface area contributed by atoms with E-state index in [1.165, 1.54) is 0 Å². The Kier molecular flexibility index (Phi) is 3.94. The van der Waals surface area contributed by atoms with Crippen LogP contribution in [0.15, 0.2) is 12.5 Å². The fourth-order valence-electron chi connectivity index (χ4n) is 2.94. The van der Waals surface area contributed by atoms with Gasteiger partial charge in [0, 0.05) is 25.8 Å². The summed E-state index contributed by atoms with van der Waals surface area (Å²) in [6.45, 7) is 9.27. The lowest BCUT2D eigenvalue weighted by Crippen LogP contribution is -2.39. The standard InChI is InChI=1S/C14H23N3O2/c1-4-17-10-15-7-12(17)8-16-6-5-14(9-16,11(2)3)13(18)19/h7,10-11H,4-6,8-9H2,1-3H3,(H,18,19). The molecule has 1 aromatic heterocycles. The van der Waals surface area contributed by atoms with Crippen LogP contribution in [-0.2, 0) is 17.9 Å². The van der Waals surface area contributed by atoms with Crippen LogP contribution in [0.2, 0.25) is 0 Å². The highest BCUT2D eigenvalue weighted by atomic mass is 16.4. The molecule has 1 aliphatic heterocycles. The van der Waals surface area contributed by atoms with E-state index in [1.54, 1.807) is 0 Å². The number of imidazole rings is 1. The van der Waals surface area contributed by atoms with Crippen LogP contribution < -0.4 is 0 Å². The third-order valence-corrected chi connectivity index (χ3v) is 4.44. The van der Waals surface area contributed by atoms with Crippen LogP contribution in [0, 0.1) is 11.3 Å². The number of carbonyl (C=O) groups is 1. The molecule has 1 fully saturated rings. The molecule has 1 N–H and O–H groups in total. The number of carboxylic acids is 1. The fraction of sp³-hybridized carbons (Fsp3) is 0.714. The normalized spacial score (nSPS) is 24.2. The second-order valence-corrected chi connectivity index (χ2v) is 5.75. The summed E-state index contributed by atoms with van der Waals surface area (Å²) < 4.78 is 2.11. The van der Waals surface area contributed by atoms with Crippen LogP contribution in [0.5, 0.6) is 0 Å². The van der Waals surface area contributed by atoms with Gasteiger partial charge in [-0.2, -0.15) is 0 Å². The average molecular weight is 265 g/mol. The Bertz CT molecular complexity index is 455. The predicted molar refractivity (Wildman–Crippen MR) is 72.7 cm³/mol. The third-order valence-electron chi connectivity index (χ3n) is 4.44. The molecular formula is C14H23N3O2. The number of aliphatic carboxylic acids is 1. The molecule has 0 amide bonds. The molecule has 1 unspecified atom stereocenters. The smallest absolute Gasteiger partial charge is 0.311 e. The van der Waals surface area contributed by atoms with Crippen LogP contribution in [0.1, 0.15) is 32.9 Å². The molecule has 0 bridgehead atoms. The van der Waals surface area contributed by atoms with Crippen molar-refractivity contribution in [2.75, 3.05) is 13.1 Å². The zero-order valence-electron chi connectivity index (χ0n) is 12.0. The van der Waals surface area contributed by atoms with Gasteiger partial charge in [0.25, 0.3) is 0 Å². The minimum absolute atomic E-state index is 0.158. The minimum atomic E-state index is -0.658. The first-order chi connectivity index (χ1) is 8.99. The van der Waals surface area contributed by atoms with Gasteiger partial charge in [0.15, 0.2) is 0 Å². The first-order valence-electron chi connectivity index (χ1n) is 6.94. The Labute approximate surface area is 114 Å². The molecule has 19 heavy (non-hydrogen) atoms. The Morgan fingerprint density at radius 3 is 2.84 bits per heavy atom. The van der Waals surface area contributed by atoms with Crippen molar-refractivity contribution in [3.05, 3.63) is 18.2 Å². The predicted octanol–water partition coefficient (Wildman–Crippen LogP) is 1.84. The molecule has 1 aliphatic rings. The van der Waals surface area contributed by atoms with Crippen LogP contribution in [0.4, 0.5) is 0 Å². The van der Waals surface area contributed by atoms with E-state index >= 15 is 0 Å². The van der Waals surface area contributed by atoms with E-state index in [4.69, 9.17) is 0 Å². The molecule has 106 valence electrons. The van der Waals surface area contributed by atoms with Crippen LogP contribution in [-0.4, -0.2) is 38.6 Å². The summed E-state index contributed by atoms with van der Waals surface area (Å²) in [5, 5.41) is 9.53. The van der Waals surface area contributed by atoms with Crippen LogP contribution in [0.3, 0.4) is 0 Å². The van der Waals surface area contributed by atoms with Gasteiger partial charge >= 0.3 is 5.97 Å². The van der Waals surface area contributed by atoms with E-state index in [0.717, 1.165) is 31.7 Å². The quantitative estimate of drug-likeness (QED) is 0.882. The molecule has 2 heterocycles. The number of carboxylic acid groups (broad SMARTS) is 1. The first kappa shape index (κ1) is 14.1. The number of hydrogen-bond donors (Lipinski definition) is 1. The van der Waals surface area contributed by atoms with Gasteiger partial charge in [-0.05, 0) is 25.8 Å². The molecule has 2 rings (SSSR count). The van der Waals surface area contributed by atoms with Gasteiger partial charge in [0.05, 0.1) is 17.4 Å². The third kappa shape index (κ3) is 2.52. The number of rotatable bonds is 5. The van der Waals surface area contributed by atoms with Crippen molar-refractivity contribution in [1.82, 2.24) is 14.5 Å². The van der Waals surface area contributed by atoms with Crippen molar-refractivity contribution in [2.45, 2.75) is 40.3 Å². The molecule has 5 heteroatoms. The molecule has 1 aromatic rings. The summed E-state index contributed by atoms with van der Waals surface area (Å²) >= 11 is 0. The lowest BCUT2D eigenvalue weighted by Gasteiger charge is -2.28. The summed E-state index contributed by atoms with van der Waals surface area (Å²) in [7, 11) is 0. The molecular weight excluding hydrogens is 242 g/mol. The monoisotopic (exact) mass is 265 g/mol. The molecule has 0 saturated carbocycles. The van der Waals surface area contributed by atoms with Gasteiger partial charge in [-0.15, -0.1) is 0 Å². The number of aromatic nitrogens is 2. The van der Waals surface area contributed by atoms with Crippen molar-refractivity contribution in [2.24, 2.45) is 11.3 Å². The summed E-state index contributed by atoms with van der Waals surface area (Å²) in [6, 6.07) is 0. The summed E-state index contributed by atoms with van der Waals surface area (Å²) in [5.74, 6) is -0.500. The second kappa shape index (κ2) is 5.33. The Balaban J connectivity index is 2.08. The van der Waals surface area contributed by atoms with E-state index in [0.29, 0.717) is 6.54 Å². The van der Waals surface area contributed by atoms with E-state index in [2.05, 4.69) is 21.4 Å². The van der Waals surface area contributed by atoms with Crippen LogP contribution in [0.25, 0.3) is 0 Å². The molecule has 1 atom stereocenters. The van der Waals surface area contributed by atoms with Crippen molar-refractivity contribution in [3.63, 3.8) is 0 Å². The zero-order valence-corrected chi connectivity index (χ0v) is 12.0. The highest BCUT2D eigenvalue weighted by Crippen LogP contribution is 2.38. The van der Waals surface area contributed by atoms with Crippen molar-refractivity contribution >= 4 is 5.97 Å². The van der Waals surface area contributed by atoms with Crippen molar-refractivity contribution in [1.29, 1.82) is 0 Å². The van der Waals surface area contributed by atoms with Crippen molar-refractivity contribution in [3.8, 4) is 0 Å². The van der Waals surface area contributed by atoms with Gasteiger partial charge in [-0.1, -0.05) is 13.8 Å². The summed E-state index contributed by atoms with van der Waals surface area (Å²) in [5.41, 5.74) is 0.573. The maximum Gasteiger partial charge on any atom is 0.311 e. The zero-order chi connectivity index (χ0) is 14.0. The van der Waals surface area contributed by atoms with Gasteiger partial charge in [-0.3, -0.25) is 9.69 Å².